The molecule has 0 spiro atoms. The summed E-state index contributed by atoms with van der Waals surface area (Å²) >= 11 is 0. The molecular weight excluding hydrogens is 224 g/mol. The molecule has 3 nitrogen and oxygen atoms in total. The average Bonchev–Trinajstić information content (AvgIpc) is 2.89. The maximum Gasteiger partial charge on any atom is 0.221 e. The summed E-state index contributed by atoms with van der Waals surface area (Å²) in [4.78, 5) is 11.7. The van der Waals surface area contributed by atoms with Crippen molar-refractivity contribution in [1.29, 1.82) is 0 Å². The second-order valence-electron chi connectivity index (χ2n) is 5.99. The first-order chi connectivity index (χ1) is 8.84. The lowest BCUT2D eigenvalue weighted by Gasteiger charge is -2.21. The van der Waals surface area contributed by atoms with Crippen molar-refractivity contribution >= 4 is 5.91 Å². The Labute approximate surface area is 111 Å². The molecule has 1 saturated heterocycles. The minimum atomic E-state index is 0.234. The molecule has 2 N–H and O–H groups in total. The Balaban J connectivity index is 1.47. The third kappa shape index (κ3) is 4.97. The highest BCUT2D eigenvalue weighted by atomic mass is 16.1. The third-order valence-electron chi connectivity index (χ3n) is 4.43. The van der Waals surface area contributed by atoms with Crippen molar-refractivity contribution < 1.29 is 4.79 Å². The van der Waals surface area contributed by atoms with Crippen molar-refractivity contribution in [3.8, 4) is 0 Å². The Morgan fingerprint density at radius 2 is 1.94 bits per heavy atom. The summed E-state index contributed by atoms with van der Waals surface area (Å²) in [5.41, 5.74) is 0. The molecule has 104 valence electrons. The van der Waals surface area contributed by atoms with E-state index in [4.69, 9.17) is 0 Å². The van der Waals surface area contributed by atoms with Crippen molar-refractivity contribution in [1.82, 2.24) is 10.6 Å². The molecular formula is C15H28N2O. The molecule has 1 saturated carbocycles. The zero-order valence-electron chi connectivity index (χ0n) is 11.5. The van der Waals surface area contributed by atoms with Crippen LogP contribution in [0.25, 0.3) is 0 Å². The van der Waals surface area contributed by atoms with Gasteiger partial charge >= 0.3 is 0 Å². The number of carbonyl (C=O) groups excluding carboxylic acids is 1. The van der Waals surface area contributed by atoms with Gasteiger partial charge in [-0.05, 0) is 38.1 Å². The number of hydrogen-bond acceptors (Lipinski definition) is 2. The number of hydrogen-bond donors (Lipinski definition) is 2. The topological polar surface area (TPSA) is 41.1 Å². The van der Waals surface area contributed by atoms with Gasteiger partial charge in [-0.3, -0.25) is 4.79 Å². The molecule has 2 fully saturated rings. The summed E-state index contributed by atoms with van der Waals surface area (Å²) in [7, 11) is 0. The van der Waals surface area contributed by atoms with Gasteiger partial charge < -0.3 is 10.6 Å². The molecule has 3 heteroatoms. The maximum absolute atomic E-state index is 11.7. The largest absolute Gasteiger partial charge is 0.356 e. The first-order valence-electron chi connectivity index (χ1n) is 7.84. The van der Waals surface area contributed by atoms with Crippen LogP contribution in [0.15, 0.2) is 0 Å². The predicted molar refractivity (Wildman–Crippen MR) is 74.5 cm³/mol. The van der Waals surface area contributed by atoms with Gasteiger partial charge in [-0.2, -0.15) is 0 Å². The van der Waals surface area contributed by atoms with Gasteiger partial charge in [0, 0.05) is 19.0 Å². The van der Waals surface area contributed by atoms with E-state index in [1.807, 2.05) is 0 Å². The standard InChI is InChI=1S/C15H28N2O/c18-15(12-14-9-5-10-16-14)17-11-4-8-13-6-2-1-3-7-13/h13-14,16H,1-12H2,(H,17,18). The van der Waals surface area contributed by atoms with Gasteiger partial charge in [0.2, 0.25) is 5.91 Å². The van der Waals surface area contributed by atoms with E-state index in [0.29, 0.717) is 12.5 Å². The van der Waals surface area contributed by atoms with E-state index >= 15 is 0 Å². The van der Waals surface area contributed by atoms with Gasteiger partial charge in [-0.1, -0.05) is 32.1 Å². The maximum atomic E-state index is 11.7. The minimum absolute atomic E-state index is 0.234. The van der Waals surface area contributed by atoms with Crippen molar-refractivity contribution in [3.63, 3.8) is 0 Å². The molecule has 1 unspecified atom stereocenters. The first-order valence-corrected chi connectivity index (χ1v) is 7.84. The lowest BCUT2D eigenvalue weighted by molar-refractivity contribution is -0.121. The average molecular weight is 252 g/mol. The monoisotopic (exact) mass is 252 g/mol. The molecule has 1 amide bonds. The summed E-state index contributed by atoms with van der Waals surface area (Å²) in [5, 5.41) is 6.44. The van der Waals surface area contributed by atoms with E-state index in [9.17, 15) is 4.79 Å². The van der Waals surface area contributed by atoms with E-state index < -0.39 is 0 Å². The van der Waals surface area contributed by atoms with E-state index in [1.54, 1.807) is 0 Å². The van der Waals surface area contributed by atoms with Crippen molar-refractivity contribution in [3.05, 3.63) is 0 Å². The number of carbonyl (C=O) groups is 1. The highest BCUT2D eigenvalue weighted by Crippen LogP contribution is 2.26. The molecule has 2 aliphatic rings. The normalized spacial score (nSPS) is 25.2. The van der Waals surface area contributed by atoms with Crippen molar-refractivity contribution in [2.24, 2.45) is 5.92 Å². The fourth-order valence-electron chi connectivity index (χ4n) is 3.32. The second kappa shape index (κ2) is 7.78. The SMILES string of the molecule is O=C(CC1CCCN1)NCCCC1CCCCC1. The Bertz CT molecular complexity index is 243. The van der Waals surface area contributed by atoms with E-state index in [2.05, 4.69) is 10.6 Å². The van der Waals surface area contributed by atoms with Crippen LogP contribution in [0.4, 0.5) is 0 Å². The highest BCUT2D eigenvalue weighted by Gasteiger charge is 2.17. The van der Waals surface area contributed by atoms with Crippen LogP contribution in [0, 0.1) is 5.92 Å². The van der Waals surface area contributed by atoms with Crippen molar-refractivity contribution in [2.45, 2.75) is 70.3 Å². The summed E-state index contributed by atoms with van der Waals surface area (Å²) in [6.07, 6.45) is 12.6. The van der Waals surface area contributed by atoms with E-state index in [0.717, 1.165) is 31.8 Å². The third-order valence-corrected chi connectivity index (χ3v) is 4.43. The molecule has 0 radical (unpaired) electrons. The first kappa shape index (κ1) is 13.9. The molecule has 1 atom stereocenters. The molecule has 0 aromatic heterocycles. The molecule has 1 aliphatic heterocycles. The zero-order valence-corrected chi connectivity index (χ0v) is 11.5. The van der Waals surface area contributed by atoms with Gasteiger partial charge in [0.1, 0.15) is 0 Å². The van der Waals surface area contributed by atoms with Gasteiger partial charge in [0.05, 0.1) is 0 Å². The van der Waals surface area contributed by atoms with Crippen molar-refractivity contribution in [2.75, 3.05) is 13.1 Å². The quantitative estimate of drug-likeness (QED) is 0.713. The Kier molecular flexibility index (Phi) is 5.98. The molecule has 2 rings (SSSR count). The molecule has 18 heavy (non-hydrogen) atoms. The van der Waals surface area contributed by atoms with Crippen LogP contribution < -0.4 is 10.6 Å². The van der Waals surface area contributed by atoms with Crippen LogP contribution in [-0.2, 0) is 4.79 Å². The number of rotatable bonds is 6. The van der Waals surface area contributed by atoms with Crippen LogP contribution in [0.2, 0.25) is 0 Å². The number of amides is 1. The van der Waals surface area contributed by atoms with Crippen LogP contribution >= 0.6 is 0 Å². The molecule has 0 aromatic carbocycles. The Morgan fingerprint density at radius 1 is 1.11 bits per heavy atom. The summed E-state index contributed by atoms with van der Waals surface area (Å²) in [5.74, 6) is 1.17. The van der Waals surface area contributed by atoms with E-state index in [-0.39, 0.29) is 5.91 Å². The lowest BCUT2D eigenvalue weighted by Crippen LogP contribution is -2.32. The molecule has 1 heterocycles. The van der Waals surface area contributed by atoms with Crippen LogP contribution in [-0.4, -0.2) is 25.0 Å². The lowest BCUT2D eigenvalue weighted by atomic mass is 9.86. The predicted octanol–water partition coefficient (Wildman–Crippen LogP) is 2.61. The molecule has 0 bridgehead atoms. The van der Waals surface area contributed by atoms with Crippen LogP contribution in [0.5, 0.6) is 0 Å². The summed E-state index contributed by atoms with van der Waals surface area (Å²) < 4.78 is 0. The second-order valence-corrected chi connectivity index (χ2v) is 5.99. The van der Waals surface area contributed by atoms with Gasteiger partial charge in [0.15, 0.2) is 0 Å². The minimum Gasteiger partial charge on any atom is -0.356 e. The summed E-state index contributed by atoms with van der Waals surface area (Å²) in [6, 6.07) is 0.434. The zero-order chi connectivity index (χ0) is 12.6. The van der Waals surface area contributed by atoms with Crippen LogP contribution in [0.3, 0.4) is 0 Å². The van der Waals surface area contributed by atoms with Crippen LogP contribution in [0.1, 0.15) is 64.2 Å². The smallest absolute Gasteiger partial charge is 0.221 e. The fraction of sp³-hybridized carbons (Fsp3) is 0.933. The Hall–Kier alpha value is -0.570. The van der Waals surface area contributed by atoms with Gasteiger partial charge in [-0.25, -0.2) is 0 Å². The van der Waals surface area contributed by atoms with Gasteiger partial charge in [-0.15, -0.1) is 0 Å². The molecule has 0 aromatic rings. The Morgan fingerprint density at radius 3 is 2.67 bits per heavy atom. The fourth-order valence-corrected chi connectivity index (χ4v) is 3.32. The van der Waals surface area contributed by atoms with E-state index in [1.165, 1.54) is 44.9 Å². The molecule has 1 aliphatic carbocycles. The summed E-state index contributed by atoms with van der Waals surface area (Å²) in [6.45, 7) is 1.96. The number of nitrogens with one attached hydrogen (secondary N) is 2. The highest BCUT2D eigenvalue weighted by molar-refractivity contribution is 5.76. The van der Waals surface area contributed by atoms with Gasteiger partial charge in [0.25, 0.3) is 0 Å².